The normalized spacial score (nSPS) is 17.9. The summed E-state index contributed by atoms with van der Waals surface area (Å²) in [7, 11) is 0. The van der Waals surface area contributed by atoms with Crippen molar-refractivity contribution in [2.45, 2.75) is 25.3 Å². The third kappa shape index (κ3) is 5.48. The van der Waals surface area contributed by atoms with Gasteiger partial charge in [0, 0.05) is 25.6 Å². The van der Waals surface area contributed by atoms with E-state index in [0.29, 0.717) is 17.8 Å². The van der Waals surface area contributed by atoms with Crippen molar-refractivity contribution < 1.29 is 9.59 Å². The Bertz CT molecular complexity index is 419. The lowest BCUT2D eigenvalue weighted by Gasteiger charge is -2.23. The van der Waals surface area contributed by atoms with Gasteiger partial charge in [0.2, 0.25) is 5.91 Å². The molecule has 1 aliphatic heterocycles. The summed E-state index contributed by atoms with van der Waals surface area (Å²) in [6.07, 6.45) is 2.45. The number of hydrogen-bond acceptors (Lipinski definition) is 4. The minimum Gasteiger partial charge on any atom is -0.352 e. The van der Waals surface area contributed by atoms with E-state index in [1.807, 2.05) is 11.4 Å². The summed E-state index contributed by atoms with van der Waals surface area (Å²) >= 11 is 1.40. The van der Waals surface area contributed by atoms with Gasteiger partial charge in [-0.1, -0.05) is 6.07 Å². The van der Waals surface area contributed by atoms with Crippen LogP contribution in [0, 0.1) is 0 Å². The standard InChI is InChI=1S/C13H19N3O2S.ClH/c17-12(16-10-3-1-6-14-9-10)5-7-15-13(18)11-4-2-8-19-11;/h2,4,8,10,14H,1,3,5-7,9H2,(H,15,18)(H,16,17);1H. The average Bonchev–Trinajstić information content (AvgIpc) is 2.93. The van der Waals surface area contributed by atoms with Gasteiger partial charge in [0.05, 0.1) is 4.88 Å². The highest BCUT2D eigenvalue weighted by atomic mass is 35.5. The molecule has 0 bridgehead atoms. The van der Waals surface area contributed by atoms with Crippen LogP contribution in [0.1, 0.15) is 28.9 Å². The number of nitrogens with one attached hydrogen (secondary N) is 3. The quantitative estimate of drug-likeness (QED) is 0.763. The SMILES string of the molecule is Cl.O=C(CCNC(=O)c1cccs1)NC1CCCNC1. The van der Waals surface area contributed by atoms with Gasteiger partial charge >= 0.3 is 0 Å². The van der Waals surface area contributed by atoms with Crippen molar-refractivity contribution in [2.24, 2.45) is 0 Å². The Morgan fingerprint density at radius 1 is 1.45 bits per heavy atom. The van der Waals surface area contributed by atoms with Gasteiger partial charge in [-0.05, 0) is 30.8 Å². The van der Waals surface area contributed by atoms with E-state index in [1.54, 1.807) is 6.07 Å². The van der Waals surface area contributed by atoms with E-state index in [9.17, 15) is 9.59 Å². The van der Waals surface area contributed by atoms with Crippen molar-refractivity contribution in [1.29, 1.82) is 0 Å². The molecule has 1 saturated heterocycles. The second kappa shape index (κ2) is 8.94. The number of carbonyl (C=O) groups excluding carboxylic acids is 2. The molecule has 0 aliphatic carbocycles. The molecular weight excluding hydrogens is 298 g/mol. The van der Waals surface area contributed by atoms with Gasteiger partial charge in [0.25, 0.3) is 5.91 Å². The summed E-state index contributed by atoms with van der Waals surface area (Å²) in [5.74, 6) is -0.109. The molecule has 0 aromatic carbocycles. The van der Waals surface area contributed by atoms with Gasteiger partial charge in [-0.2, -0.15) is 0 Å². The molecule has 112 valence electrons. The third-order valence-electron chi connectivity index (χ3n) is 3.04. The summed E-state index contributed by atoms with van der Waals surface area (Å²) in [6, 6.07) is 3.84. The maximum atomic E-state index is 11.7. The predicted molar refractivity (Wildman–Crippen MR) is 82.6 cm³/mol. The minimum absolute atomic E-state index is 0. The van der Waals surface area contributed by atoms with E-state index in [1.165, 1.54) is 11.3 Å². The van der Waals surface area contributed by atoms with E-state index >= 15 is 0 Å². The third-order valence-corrected chi connectivity index (χ3v) is 3.91. The molecule has 1 aromatic rings. The average molecular weight is 318 g/mol. The summed E-state index contributed by atoms with van der Waals surface area (Å²) in [6.45, 7) is 2.25. The van der Waals surface area contributed by atoms with Gasteiger partial charge in [-0.3, -0.25) is 9.59 Å². The molecule has 5 nitrogen and oxygen atoms in total. The number of piperidine rings is 1. The molecule has 2 amide bonds. The first-order valence-electron chi connectivity index (χ1n) is 6.57. The van der Waals surface area contributed by atoms with E-state index in [-0.39, 0.29) is 30.3 Å². The van der Waals surface area contributed by atoms with Gasteiger partial charge in [0.15, 0.2) is 0 Å². The highest BCUT2D eigenvalue weighted by Crippen LogP contribution is 2.07. The lowest BCUT2D eigenvalue weighted by molar-refractivity contribution is -0.121. The fraction of sp³-hybridized carbons (Fsp3) is 0.538. The van der Waals surface area contributed by atoms with Crippen molar-refractivity contribution in [3.8, 4) is 0 Å². The maximum Gasteiger partial charge on any atom is 0.261 e. The number of halogens is 1. The first kappa shape index (κ1) is 16.9. The molecule has 1 atom stereocenters. The molecule has 0 saturated carbocycles. The van der Waals surface area contributed by atoms with E-state index in [0.717, 1.165) is 25.9 Å². The molecule has 1 aromatic heterocycles. The van der Waals surface area contributed by atoms with Crippen molar-refractivity contribution >= 4 is 35.6 Å². The Balaban J connectivity index is 0.00000200. The van der Waals surface area contributed by atoms with E-state index in [2.05, 4.69) is 16.0 Å². The molecule has 7 heteroatoms. The van der Waals surface area contributed by atoms with Gasteiger partial charge in [-0.25, -0.2) is 0 Å². The largest absolute Gasteiger partial charge is 0.352 e. The minimum atomic E-state index is -0.109. The molecule has 0 spiro atoms. The molecular formula is C13H20ClN3O2S. The smallest absolute Gasteiger partial charge is 0.261 e. The Morgan fingerprint density at radius 2 is 2.30 bits per heavy atom. The summed E-state index contributed by atoms with van der Waals surface area (Å²) in [5.41, 5.74) is 0. The van der Waals surface area contributed by atoms with Crippen LogP contribution in [0.15, 0.2) is 17.5 Å². The molecule has 2 heterocycles. The zero-order valence-corrected chi connectivity index (χ0v) is 12.8. The molecule has 20 heavy (non-hydrogen) atoms. The zero-order valence-electron chi connectivity index (χ0n) is 11.2. The second-order valence-electron chi connectivity index (χ2n) is 4.59. The number of amides is 2. The van der Waals surface area contributed by atoms with Crippen LogP contribution >= 0.6 is 23.7 Å². The monoisotopic (exact) mass is 317 g/mol. The Hall–Kier alpha value is -1.11. The highest BCUT2D eigenvalue weighted by molar-refractivity contribution is 7.12. The maximum absolute atomic E-state index is 11.7. The van der Waals surface area contributed by atoms with Crippen LogP contribution in [0.5, 0.6) is 0 Å². The first-order chi connectivity index (χ1) is 9.25. The summed E-state index contributed by atoms with van der Waals surface area (Å²) in [5, 5.41) is 10.8. The Kier molecular flexibility index (Phi) is 7.58. The molecule has 1 fully saturated rings. The molecule has 0 radical (unpaired) electrons. The first-order valence-corrected chi connectivity index (χ1v) is 7.45. The van der Waals surface area contributed by atoms with E-state index in [4.69, 9.17) is 0 Å². The summed E-state index contributed by atoms with van der Waals surface area (Å²) in [4.78, 5) is 24.0. The number of hydrogen-bond donors (Lipinski definition) is 3. The lowest BCUT2D eigenvalue weighted by atomic mass is 10.1. The van der Waals surface area contributed by atoms with Crippen molar-refractivity contribution in [3.05, 3.63) is 22.4 Å². The number of carbonyl (C=O) groups is 2. The summed E-state index contributed by atoms with van der Waals surface area (Å²) < 4.78 is 0. The lowest BCUT2D eigenvalue weighted by Crippen LogP contribution is -2.46. The van der Waals surface area contributed by atoms with Crippen LogP contribution in [0.3, 0.4) is 0 Å². The van der Waals surface area contributed by atoms with Gasteiger partial charge < -0.3 is 16.0 Å². The molecule has 1 unspecified atom stereocenters. The Labute approximate surface area is 128 Å². The van der Waals surface area contributed by atoms with Crippen molar-refractivity contribution in [1.82, 2.24) is 16.0 Å². The molecule has 3 N–H and O–H groups in total. The Morgan fingerprint density at radius 3 is 2.95 bits per heavy atom. The van der Waals surface area contributed by atoms with Gasteiger partial charge in [-0.15, -0.1) is 23.7 Å². The van der Waals surface area contributed by atoms with Crippen LogP contribution in [0.4, 0.5) is 0 Å². The second-order valence-corrected chi connectivity index (χ2v) is 5.54. The van der Waals surface area contributed by atoms with Gasteiger partial charge in [0.1, 0.15) is 0 Å². The van der Waals surface area contributed by atoms with Crippen LogP contribution in [-0.2, 0) is 4.79 Å². The number of thiophene rings is 1. The molecule has 2 rings (SSSR count). The van der Waals surface area contributed by atoms with Crippen molar-refractivity contribution in [2.75, 3.05) is 19.6 Å². The fourth-order valence-corrected chi connectivity index (χ4v) is 2.70. The van der Waals surface area contributed by atoms with Crippen LogP contribution in [0.25, 0.3) is 0 Å². The zero-order chi connectivity index (χ0) is 13.5. The molecule has 1 aliphatic rings. The van der Waals surface area contributed by atoms with Crippen molar-refractivity contribution in [3.63, 3.8) is 0 Å². The highest BCUT2D eigenvalue weighted by Gasteiger charge is 2.15. The predicted octanol–water partition coefficient (Wildman–Crippen LogP) is 1.16. The van der Waals surface area contributed by atoms with Crippen LogP contribution in [0.2, 0.25) is 0 Å². The van der Waals surface area contributed by atoms with E-state index < -0.39 is 0 Å². The fourth-order valence-electron chi connectivity index (χ4n) is 2.06. The number of rotatable bonds is 5. The topological polar surface area (TPSA) is 70.2 Å². The van der Waals surface area contributed by atoms with Crippen LogP contribution < -0.4 is 16.0 Å². The van der Waals surface area contributed by atoms with Crippen LogP contribution in [-0.4, -0.2) is 37.5 Å².